The van der Waals surface area contributed by atoms with Gasteiger partial charge in [-0.1, -0.05) is 26.0 Å². The first-order valence-corrected chi connectivity index (χ1v) is 6.96. The van der Waals surface area contributed by atoms with Crippen LogP contribution in [0.5, 0.6) is 0 Å². The molecule has 17 heavy (non-hydrogen) atoms. The van der Waals surface area contributed by atoms with Crippen molar-refractivity contribution in [2.45, 2.75) is 18.7 Å². The summed E-state index contributed by atoms with van der Waals surface area (Å²) in [5.41, 5.74) is 6.50. The van der Waals surface area contributed by atoms with Crippen LogP contribution in [0.4, 0.5) is 5.69 Å². The van der Waals surface area contributed by atoms with Crippen LogP contribution in [0.2, 0.25) is 0 Å². The fourth-order valence-corrected chi connectivity index (χ4v) is 2.21. The highest BCUT2D eigenvalue weighted by Gasteiger charge is 2.20. The molecule has 0 saturated carbocycles. The third-order valence-corrected chi connectivity index (χ3v) is 3.56. The van der Waals surface area contributed by atoms with Crippen LogP contribution in [0.15, 0.2) is 29.2 Å². The topological polar surface area (TPSA) is 55.1 Å². The third-order valence-electron chi connectivity index (χ3n) is 2.76. The van der Waals surface area contributed by atoms with E-state index in [2.05, 4.69) is 5.32 Å². The molecule has 0 aliphatic rings. The smallest absolute Gasteiger partial charge is 0.229 e. The van der Waals surface area contributed by atoms with Gasteiger partial charge in [0, 0.05) is 11.4 Å². The molecule has 1 atom stereocenters. The molecule has 0 saturated heterocycles. The van der Waals surface area contributed by atoms with E-state index in [1.165, 1.54) is 0 Å². The Bertz CT molecular complexity index is 379. The Morgan fingerprint density at radius 2 is 2.06 bits per heavy atom. The summed E-state index contributed by atoms with van der Waals surface area (Å²) in [5, 5.41) is 2.95. The van der Waals surface area contributed by atoms with E-state index in [1.54, 1.807) is 11.8 Å². The predicted octanol–water partition coefficient (Wildman–Crippen LogP) is 2.58. The van der Waals surface area contributed by atoms with E-state index in [0.29, 0.717) is 6.54 Å². The summed E-state index contributed by atoms with van der Waals surface area (Å²) in [7, 11) is 0. The number of amides is 1. The normalized spacial score (nSPS) is 12.5. The number of thioether (sulfide) groups is 1. The van der Waals surface area contributed by atoms with Gasteiger partial charge in [-0.25, -0.2) is 0 Å². The molecular weight excluding hydrogens is 232 g/mol. The van der Waals surface area contributed by atoms with Crippen molar-refractivity contribution < 1.29 is 4.79 Å². The highest BCUT2D eigenvalue weighted by atomic mass is 32.2. The van der Waals surface area contributed by atoms with Crippen molar-refractivity contribution in [1.82, 2.24) is 0 Å². The number of para-hydroxylation sites is 1. The van der Waals surface area contributed by atoms with E-state index < -0.39 is 0 Å². The molecule has 1 unspecified atom stereocenters. The minimum absolute atomic E-state index is 0.00370. The number of rotatable bonds is 5. The monoisotopic (exact) mass is 252 g/mol. The van der Waals surface area contributed by atoms with Gasteiger partial charge < -0.3 is 11.1 Å². The molecular formula is C13H20N2OS. The fraction of sp³-hybridized carbons (Fsp3) is 0.462. The van der Waals surface area contributed by atoms with Crippen molar-refractivity contribution in [3.05, 3.63) is 24.3 Å². The third kappa shape index (κ3) is 3.75. The minimum Gasteiger partial charge on any atom is -0.330 e. The van der Waals surface area contributed by atoms with E-state index in [9.17, 15) is 4.79 Å². The van der Waals surface area contributed by atoms with E-state index in [0.717, 1.165) is 10.6 Å². The van der Waals surface area contributed by atoms with Crippen LogP contribution in [0.3, 0.4) is 0 Å². The number of nitrogens with two attached hydrogens (primary N) is 1. The number of anilines is 1. The van der Waals surface area contributed by atoms with Crippen LogP contribution >= 0.6 is 11.8 Å². The van der Waals surface area contributed by atoms with Gasteiger partial charge in [-0.3, -0.25) is 4.79 Å². The van der Waals surface area contributed by atoms with Crippen LogP contribution in [-0.4, -0.2) is 18.7 Å². The molecule has 1 amide bonds. The van der Waals surface area contributed by atoms with Crippen LogP contribution in [0.25, 0.3) is 0 Å². The Morgan fingerprint density at radius 3 is 2.59 bits per heavy atom. The average Bonchev–Trinajstić information content (AvgIpc) is 2.30. The summed E-state index contributed by atoms with van der Waals surface area (Å²) < 4.78 is 0. The second-order valence-corrected chi connectivity index (χ2v) is 5.12. The lowest BCUT2D eigenvalue weighted by molar-refractivity contribution is -0.120. The highest BCUT2D eigenvalue weighted by molar-refractivity contribution is 7.98. The van der Waals surface area contributed by atoms with Crippen molar-refractivity contribution >= 4 is 23.4 Å². The number of hydrogen-bond donors (Lipinski definition) is 2. The van der Waals surface area contributed by atoms with Gasteiger partial charge in [0.05, 0.1) is 11.6 Å². The van der Waals surface area contributed by atoms with Crippen LogP contribution < -0.4 is 11.1 Å². The molecule has 3 nitrogen and oxygen atoms in total. The minimum atomic E-state index is -0.134. The van der Waals surface area contributed by atoms with Gasteiger partial charge in [0.15, 0.2) is 0 Å². The lowest BCUT2D eigenvalue weighted by Crippen LogP contribution is -2.33. The quantitative estimate of drug-likeness (QED) is 0.792. The van der Waals surface area contributed by atoms with E-state index in [-0.39, 0.29) is 17.7 Å². The molecule has 3 N–H and O–H groups in total. The standard InChI is InChI=1S/C13H20N2OS/c1-9(2)10(8-14)13(16)15-11-6-4-5-7-12(11)17-3/h4-7,9-10H,8,14H2,1-3H3,(H,15,16). The number of carbonyl (C=O) groups is 1. The van der Waals surface area contributed by atoms with E-state index in [1.807, 2.05) is 44.4 Å². The molecule has 0 spiro atoms. The van der Waals surface area contributed by atoms with E-state index >= 15 is 0 Å². The van der Waals surface area contributed by atoms with Gasteiger partial charge in [-0.15, -0.1) is 11.8 Å². The molecule has 1 aromatic carbocycles. The Morgan fingerprint density at radius 1 is 1.41 bits per heavy atom. The van der Waals surface area contributed by atoms with Gasteiger partial charge in [-0.05, 0) is 24.3 Å². The number of carbonyl (C=O) groups excluding carboxylic acids is 1. The molecule has 1 aromatic rings. The first kappa shape index (κ1) is 14.1. The van der Waals surface area contributed by atoms with Crippen molar-refractivity contribution in [3.63, 3.8) is 0 Å². The maximum Gasteiger partial charge on any atom is 0.229 e. The summed E-state index contributed by atoms with van der Waals surface area (Å²) in [6.45, 7) is 4.40. The van der Waals surface area contributed by atoms with Gasteiger partial charge in [-0.2, -0.15) is 0 Å². The van der Waals surface area contributed by atoms with Gasteiger partial charge >= 0.3 is 0 Å². The molecule has 0 bridgehead atoms. The number of benzene rings is 1. The Balaban J connectivity index is 2.80. The zero-order valence-corrected chi connectivity index (χ0v) is 11.4. The van der Waals surface area contributed by atoms with E-state index in [4.69, 9.17) is 5.73 Å². The molecule has 0 aliphatic carbocycles. The van der Waals surface area contributed by atoms with Crippen molar-refractivity contribution in [3.8, 4) is 0 Å². The highest BCUT2D eigenvalue weighted by Crippen LogP contribution is 2.25. The zero-order chi connectivity index (χ0) is 12.8. The summed E-state index contributed by atoms with van der Waals surface area (Å²) in [4.78, 5) is 13.1. The molecule has 4 heteroatoms. The van der Waals surface area contributed by atoms with Crippen LogP contribution in [-0.2, 0) is 4.79 Å². The molecule has 0 fully saturated rings. The lowest BCUT2D eigenvalue weighted by atomic mass is 9.95. The SMILES string of the molecule is CSc1ccccc1NC(=O)C(CN)C(C)C. The van der Waals surface area contributed by atoms with Gasteiger partial charge in [0.1, 0.15) is 0 Å². The molecule has 0 aliphatic heterocycles. The summed E-state index contributed by atoms with van der Waals surface area (Å²) in [6, 6.07) is 7.79. The second kappa shape index (κ2) is 6.67. The number of hydrogen-bond acceptors (Lipinski definition) is 3. The molecule has 0 heterocycles. The maximum absolute atomic E-state index is 12.1. The Labute approximate surface area is 107 Å². The Hall–Kier alpha value is -1.00. The lowest BCUT2D eigenvalue weighted by Gasteiger charge is -2.19. The predicted molar refractivity (Wildman–Crippen MR) is 74.2 cm³/mol. The molecule has 0 radical (unpaired) electrons. The van der Waals surface area contributed by atoms with Crippen LogP contribution in [0.1, 0.15) is 13.8 Å². The molecule has 1 rings (SSSR count). The average molecular weight is 252 g/mol. The Kier molecular flexibility index (Phi) is 5.51. The van der Waals surface area contributed by atoms with Crippen molar-refractivity contribution in [2.24, 2.45) is 17.6 Å². The first-order chi connectivity index (χ1) is 8.10. The summed E-state index contributed by atoms with van der Waals surface area (Å²) in [5.74, 6) is 0.121. The summed E-state index contributed by atoms with van der Waals surface area (Å²) >= 11 is 1.62. The molecule has 94 valence electrons. The molecule has 0 aromatic heterocycles. The maximum atomic E-state index is 12.1. The number of nitrogens with one attached hydrogen (secondary N) is 1. The van der Waals surface area contributed by atoms with Crippen LogP contribution in [0, 0.1) is 11.8 Å². The fourth-order valence-electron chi connectivity index (χ4n) is 1.66. The van der Waals surface area contributed by atoms with Gasteiger partial charge in [0.25, 0.3) is 0 Å². The zero-order valence-electron chi connectivity index (χ0n) is 10.6. The van der Waals surface area contributed by atoms with Gasteiger partial charge in [0.2, 0.25) is 5.91 Å². The largest absolute Gasteiger partial charge is 0.330 e. The summed E-state index contributed by atoms with van der Waals surface area (Å²) in [6.07, 6.45) is 1.99. The first-order valence-electron chi connectivity index (χ1n) is 5.74. The van der Waals surface area contributed by atoms with Crippen molar-refractivity contribution in [2.75, 3.05) is 18.1 Å². The second-order valence-electron chi connectivity index (χ2n) is 4.28. The van der Waals surface area contributed by atoms with Crippen molar-refractivity contribution in [1.29, 1.82) is 0 Å².